The summed E-state index contributed by atoms with van der Waals surface area (Å²) < 4.78 is 4.69. The SMILES string of the molecule is CC(C)CSc1ccc(OB(O)O)cc1C#N. The molecule has 0 saturated carbocycles. The van der Waals surface area contributed by atoms with E-state index in [-0.39, 0.29) is 5.75 Å². The van der Waals surface area contributed by atoms with Crippen molar-refractivity contribution in [2.75, 3.05) is 5.75 Å². The summed E-state index contributed by atoms with van der Waals surface area (Å²) in [4.78, 5) is 0.876. The van der Waals surface area contributed by atoms with Crippen LogP contribution in [-0.2, 0) is 0 Å². The monoisotopic (exact) mass is 251 g/mol. The average Bonchev–Trinajstić information content (AvgIpc) is 2.26. The summed E-state index contributed by atoms with van der Waals surface area (Å²) >= 11 is 1.60. The van der Waals surface area contributed by atoms with Crippen molar-refractivity contribution in [3.63, 3.8) is 0 Å². The smallest absolute Gasteiger partial charge is 0.512 e. The van der Waals surface area contributed by atoms with Gasteiger partial charge in [-0.05, 0) is 24.1 Å². The van der Waals surface area contributed by atoms with Crippen molar-refractivity contribution in [2.24, 2.45) is 5.92 Å². The second-order valence-corrected chi connectivity index (χ2v) is 4.98. The van der Waals surface area contributed by atoms with E-state index >= 15 is 0 Å². The lowest BCUT2D eigenvalue weighted by Crippen LogP contribution is -2.20. The van der Waals surface area contributed by atoms with Gasteiger partial charge in [0, 0.05) is 10.6 Å². The van der Waals surface area contributed by atoms with E-state index < -0.39 is 7.32 Å². The number of nitrogens with zero attached hydrogens (tertiary/aromatic N) is 1. The summed E-state index contributed by atoms with van der Waals surface area (Å²) in [7, 11) is -1.87. The summed E-state index contributed by atoms with van der Waals surface area (Å²) in [5, 5.41) is 26.3. The molecule has 0 radical (unpaired) electrons. The first-order chi connectivity index (χ1) is 8.02. The largest absolute Gasteiger partial charge is 0.707 e. The molecular formula is C11H14BNO3S. The molecule has 6 heteroatoms. The Morgan fingerprint density at radius 2 is 2.18 bits per heavy atom. The Labute approximate surface area is 105 Å². The van der Waals surface area contributed by atoms with Gasteiger partial charge in [-0.1, -0.05) is 13.8 Å². The number of benzene rings is 1. The number of rotatable bonds is 5. The molecule has 0 amide bonds. The topological polar surface area (TPSA) is 73.5 Å². The first kappa shape index (κ1) is 13.9. The average molecular weight is 251 g/mol. The predicted octanol–water partition coefficient (Wildman–Crippen LogP) is 1.65. The van der Waals surface area contributed by atoms with E-state index in [1.807, 2.05) is 0 Å². The highest BCUT2D eigenvalue weighted by atomic mass is 32.2. The maximum atomic E-state index is 9.00. The molecule has 0 saturated heterocycles. The third kappa shape index (κ3) is 4.69. The minimum absolute atomic E-state index is 0.269. The molecule has 2 N–H and O–H groups in total. The number of hydrogen-bond acceptors (Lipinski definition) is 5. The van der Waals surface area contributed by atoms with Crippen molar-refractivity contribution in [1.29, 1.82) is 5.26 Å². The molecule has 0 aliphatic heterocycles. The number of thioether (sulfide) groups is 1. The van der Waals surface area contributed by atoms with Crippen LogP contribution in [0.3, 0.4) is 0 Å². The number of nitriles is 1. The lowest BCUT2D eigenvalue weighted by molar-refractivity contribution is 0.288. The van der Waals surface area contributed by atoms with Gasteiger partial charge >= 0.3 is 7.32 Å². The van der Waals surface area contributed by atoms with E-state index in [1.165, 1.54) is 6.07 Å². The summed E-state index contributed by atoms with van der Waals surface area (Å²) in [6.07, 6.45) is 0. The Balaban J connectivity index is 2.83. The van der Waals surface area contributed by atoms with Gasteiger partial charge in [0.25, 0.3) is 0 Å². The molecule has 0 heterocycles. The van der Waals surface area contributed by atoms with Crippen LogP contribution in [0.5, 0.6) is 5.75 Å². The van der Waals surface area contributed by atoms with Gasteiger partial charge in [0.05, 0.1) is 5.56 Å². The van der Waals surface area contributed by atoms with E-state index in [9.17, 15) is 0 Å². The fraction of sp³-hybridized carbons (Fsp3) is 0.364. The van der Waals surface area contributed by atoms with E-state index in [1.54, 1.807) is 23.9 Å². The first-order valence-electron chi connectivity index (χ1n) is 5.22. The standard InChI is InChI=1S/C11H14BNO3S/c1-8(2)7-17-11-4-3-10(16-12(14)15)5-9(11)6-13/h3-5,8,14-15H,7H2,1-2H3. The van der Waals surface area contributed by atoms with Crippen LogP contribution < -0.4 is 4.65 Å². The molecule has 0 bridgehead atoms. The molecule has 0 aliphatic rings. The molecule has 0 aliphatic carbocycles. The molecule has 0 unspecified atom stereocenters. The van der Waals surface area contributed by atoms with E-state index in [0.29, 0.717) is 11.5 Å². The molecule has 90 valence electrons. The van der Waals surface area contributed by atoms with Gasteiger partial charge in [-0.2, -0.15) is 5.26 Å². The van der Waals surface area contributed by atoms with Crippen LogP contribution in [0.25, 0.3) is 0 Å². The van der Waals surface area contributed by atoms with Crippen molar-refractivity contribution < 1.29 is 14.7 Å². The molecule has 4 nitrogen and oxygen atoms in total. The van der Waals surface area contributed by atoms with E-state index in [0.717, 1.165) is 10.6 Å². The van der Waals surface area contributed by atoms with Crippen molar-refractivity contribution in [2.45, 2.75) is 18.7 Å². The zero-order valence-electron chi connectivity index (χ0n) is 9.75. The predicted molar refractivity (Wildman–Crippen MR) is 67.5 cm³/mol. The molecule has 0 aromatic heterocycles. The van der Waals surface area contributed by atoms with Crippen molar-refractivity contribution >= 4 is 19.1 Å². The molecule has 0 spiro atoms. The van der Waals surface area contributed by atoms with Crippen LogP contribution in [0.15, 0.2) is 23.1 Å². The Bertz CT molecular complexity index is 418. The van der Waals surface area contributed by atoms with Crippen molar-refractivity contribution in [1.82, 2.24) is 0 Å². The zero-order valence-corrected chi connectivity index (χ0v) is 10.6. The fourth-order valence-corrected chi connectivity index (χ4v) is 2.11. The summed E-state index contributed by atoms with van der Waals surface area (Å²) in [5.41, 5.74) is 0.480. The molecule has 1 rings (SSSR count). The van der Waals surface area contributed by atoms with E-state index in [2.05, 4.69) is 24.6 Å². The maximum absolute atomic E-state index is 9.00. The quantitative estimate of drug-likeness (QED) is 0.615. The van der Waals surface area contributed by atoms with Crippen LogP contribution in [0.2, 0.25) is 0 Å². The molecule has 17 heavy (non-hydrogen) atoms. The van der Waals surface area contributed by atoms with Gasteiger partial charge in [-0.3, -0.25) is 0 Å². The van der Waals surface area contributed by atoms with Gasteiger partial charge in [0.1, 0.15) is 11.8 Å². The highest BCUT2D eigenvalue weighted by Gasteiger charge is 2.13. The molecule has 0 atom stereocenters. The molecular weight excluding hydrogens is 237 g/mol. The van der Waals surface area contributed by atoms with Gasteiger partial charge in [0.15, 0.2) is 0 Å². The molecule has 1 aromatic rings. The number of hydrogen-bond donors (Lipinski definition) is 2. The van der Waals surface area contributed by atoms with Crippen LogP contribution in [0, 0.1) is 17.2 Å². The lowest BCUT2D eigenvalue weighted by Gasteiger charge is -2.09. The van der Waals surface area contributed by atoms with Gasteiger partial charge < -0.3 is 14.7 Å². The summed E-state index contributed by atoms with van der Waals surface area (Å²) in [5.74, 6) is 1.74. The summed E-state index contributed by atoms with van der Waals surface area (Å²) in [6, 6.07) is 6.94. The van der Waals surface area contributed by atoms with Gasteiger partial charge in [-0.25, -0.2) is 0 Å². The maximum Gasteiger partial charge on any atom is 0.707 e. The van der Waals surface area contributed by atoms with Crippen molar-refractivity contribution in [3.05, 3.63) is 23.8 Å². The third-order valence-corrected chi connectivity index (χ3v) is 3.39. The highest BCUT2D eigenvalue weighted by molar-refractivity contribution is 7.99. The normalized spacial score (nSPS) is 10.1. The third-order valence-electron chi connectivity index (χ3n) is 1.89. The Morgan fingerprint density at radius 3 is 2.71 bits per heavy atom. The minimum Gasteiger partial charge on any atom is -0.512 e. The second-order valence-electron chi connectivity index (χ2n) is 3.92. The fourth-order valence-electron chi connectivity index (χ4n) is 1.17. The molecule has 0 fully saturated rings. The highest BCUT2D eigenvalue weighted by Crippen LogP contribution is 2.27. The second kappa shape index (κ2) is 6.55. The Hall–Kier alpha value is -1.16. The summed E-state index contributed by atoms with van der Waals surface area (Å²) in [6.45, 7) is 4.22. The first-order valence-corrected chi connectivity index (χ1v) is 6.21. The van der Waals surface area contributed by atoms with Gasteiger partial charge in [0.2, 0.25) is 0 Å². The van der Waals surface area contributed by atoms with E-state index in [4.69, 9.17) is 15.3 Å². The lowest BCUT2D eigenvalue weighted by atomic mass is 10.2. The zero-order chi connectivity index (χ0) is 12.8. The van der Waals surface area contributed by atoms with Crippen molar-refractivity contribution in [3.8, 4) is 11.8 Å². The minimum atomic E-state index is -1.87. The Kier molecular flexibility index (Phi) is 5.36. The Morgan fingerprint density at radius 1 is 1.47 bits per heavy atom. The van der Waals surface area contributed by atoms with Crippen LogP contribution in [-0.4, -0.2) is 23.1 Å². The van der Waals surface area contributed by atoms with Crippen LogP contribution in [0.1, 0.15) is 19.4 Å². The van der Waals surface area contributed by atoms with Gasteiger partial charge in [-0.15, -0.1) is 11.8 Å². The molecule has 1 aromatic carbocycles. The van der Waals surface area contributed by atoms with Crippen LogP contribution in [0.4, 0.5) is 0 Å². The van der Waals surface area contributed by atoms with Crippen LogP contribution >= 0.6 is 11.8 Å².